The fourth-order valence-electron chi connectivity index (χ4n) is 3.68. The molecule has 1 aliphatic heterocycles. The van der Waals surface area contributed by atoms with Gasteiger partial charge in [0.15, 0.2) is 0 Å². The molecule has 3 aromatic rings. The van der Waals surface area contributed by atoms with E-state index in [9.17, 15) is 0 Å². The van der Waals surface area contributed by atoms with Crippen LogP contribution in [0.1, 0.15) is 18.1 Å². The molecule has 2 aromatic heterocycles. The minimum absolute atomic E-state index is 0.0263. The van der Waals surface area contributed by atoms with Crippen molar-refractivity contribution >= 4 is 17.2 Å². The summed E-state index contributed by atoms with van der Waals surface area (Å²) in [4.78, 5) is 6.65. The number of nitrogens with two attached hydrogens (primary N) is 2. The number of nitrogens with zero attached hydrogens (tertiary/aromatic N) is 4. The average Bonchev–Trinajstić information content (AvgIpc) is 3.19. The van der Waals surface area contributed by atoms with Crippen molar-refractivity contribution in [1.82, 2.24) is 14.8 Å². The standard InChI is InChI=1S/C23H24N6O/c1-4-19-14-29(12-15(2)30-19)22-10-17(7-8-26-22)23(25)20-9-16(5-6-21(20)24)18-11-27-28(3)13-18/h1,5-11,13,15,19,25H,12,14,24H2,2-3H3/p+1/t15-,19+/m1/s1. The van der Waals surface area contributed by atoms with Gasteiger partial charge in [-0.15, -0.1) is 6.42 Å². The molecule has 3 heterocycles. The lowest BCUT2D eigenvalue weighted by molar-refractivity contribution is -0.111. The Balaban J connectivity index is 1.64. The first-order valence-corrected chi connectivity index (χ1v) is 9.79. The predicted molar refractivity (Wildman–Crippen MR) is 118 cm³/mol. The summed E-state index contributed by atoms with van der Waals surface area (Å²) in [7, 11) is 1.89. The number of aryl methyl sites for hydroxylation is 1. The van der Waals surface area contributed by atoms with E-state index >= 15 is 0 Å². The van der Waals surface area contributed by atoms with E-state index in [2.05, 4.69) is 20.9 Å². The van der Waals surface area contributed by atoms with Crippen LogP contribution in [0, 0.1) is 12.3 Å². The lowest BCUT2D eigenvalue weighted by atomic mass is 9.97. The number of morpholine rings is 1. The summed E-state index contributed by atoms with van der Waals surface area (Å²) in [5, 5.41) is 10.8. The van der Waals surface area contributed by atoms with Crippen LogP contribution in [-0.4, -0.2) is 45.8 Å². The first-order valence-electron chi connectivity index (χ1n) is 9.79. The first kappa shape index (κ1) is 19.7. The van der Waals surface area contributed by atoms with Crippen LogP contribution < -0.4 is 16.0 Å². The van der Waals surface area contributed by atoms with Gasteiger partial charge in [-0.2, -0.15) is 5.10 Å². The molecule has 2 atom stereocenters. The molecule has 1 fully saturated rings. The van der Waals surface area contributed by atoms with Crippen LogP contribution in [0.5, 0.6) is 0 Å². The molecule has 4 N–H and O–H groups in total. The molecule has 0 aliphatic carbocycles. The SMILES string of the molecule is C#C[C@H]1CN(c2cc(C(=[NH2+])c3cc(-c4cnn(C)c4)ccc3N)ccn2)C[C@@H](C)O1. The van der Waals surface area contributed by atoms with Crippen LogP contribution in [0.4, 0.5) is 11.5 Å². The Morgan fingerprint density at radius 3 is 2.83 bits per heavy atom. The van der Waals surface area contributed by atoms with E-state index in [0.717, 1.165) is 28.1 Å². The summed E-state index contributed by atoms with van der Waals surface area (Å²) in [5.74, 6) is 3.50. The smallest absolute Gasteiger partial charge is 0.213 e. The minimum Gasteiger partial charge on any atom is -0.398 e. The van der Waals surface area contributed by atoms with Gasteiger partial charge >= 0.3 is 0 Å². The molecular formula is C23H25N6O+. The molecule has 0 amide bonds. The topological polar surface area (TPSA) is 94.8 Å². The van der Waals surface area contributed by atoms with Crippen molar-refractivity contribution in [2.24, 2.45) is 7.05 Å². The van der Waals surface area contributed by atoms with Crippen LogP contribution >= 0.6 is 0 Å². The number of rotatable bonds is 4. The Kier molecular flexibility index (Phi) is 5.25. The van der Waals surface area contributed by atoms with Gasteiger partial charge in [-0.1, -0.05) is 12.0 Å². The number of nitrogen functional groups attached to an aromatic ring is 1. The maximum atomic E-state index is 6.56. The summed E-state index contributed by atoms with van der Waals surface area (Å²) >= 11 is 0. The van der Waals surface area contributed by atoms with E-state index in [1.807, 2.05) is 56.7 Å². The third-order valence-electron chi connectivity index (χ3n) is 5.21. The number of terminal acetylenes is 1. The fourth-order valence-corrected chi connectivity index (χ4v) is 3.68. The van der Waals surface area contributed by atoms with Gasteiger partial charge in [0, 0.05) is 37.2 Å². The Labute approximate surface area is 176 Å². The third-order valence-corrected chi connectivity index (χ3v) is 5.21. The molecule has 1 aliphatic rings. The number of anilines is 2. The maximum absolute atomic E-state index is 6.56. The Morgan fingerprint density at radius 1 is 1.27 bits per heavy atom. The molecule has 30 heavy (non-hydrogen) atoms. The molecule has 7 nitrogen and oxygen atoms in total. The normalized spacial score (nSPS) is 18.8. The maximum Gasteiger partial charge on any atom is 0.213 e. The van der Waals surface area contributed by atoms with E-state index in [1.54, 1.807) is 10.9 Å². The molecule has 7 heteroatoms. The van der Waals surface area contributed by atoms with Crippen molar-refractivity contribution in [3.63, 3.8) is 0 Å². The molecule has 0 saturated carbocycles. The zero-order chi connectivity index (χ0) is 21.3. The second kappa shape index (κ2) is 8.01. The Bertz CT molecular complexity index is 1130. The average molecular weight is 401 g/mol. The lowest BCUT2D eigenvalue weighted by Gasteiger charge is -2.35. The Hall–Kier alpha value is -3.63. The van der Waals surface area contributed by atoms with Gasteiger partial charge in [0.1, 0.15) is 11.9 Å². The summed E-state index contributed by atoms with van der Waals surface area (Å²) in [5.41, 5.74) is 11.1. The van der Waals surface area contributed by atoms with Crippen molar-refractivity contribution in [1.29, 1.82) is 0 Å². The predicted octanol–water partition coefficient (Wildman–Crippen LogP) is 0.888. The molecule has 0 spiro atoms. The summed E-state index contributed by atoms with van der Waals surface area (Å²) in [6, 6.07) is 9.69. The van der Waals surface area contributed by atoms with E-state index in [4.69, 9.17) is 22.3 Å². The highest BCUT2D eigenvalue weighted by atomic mass is 16.5. The van der Waals surface area contributed by atoms with Gasteiger partial charge in [0.25, 0.3) is 0 Å². The first-order chi connectivity index (χ1) is 14.4. The van der Waals surface area contributed by atoms with Crippen molar-refractivity contribution in [3.8, 4) is 23.5 Å². The molecule has 1 aromatic carbocycles. The van der Waals surface area contributed by atoms with Crippen LogP contribution in [-0.2, 0) is 11.8 Å². The van der Waals surface area contributed by atoms with Crippen LogP contribution in [0.3, 0.4) is 0 Å². The van der Waals surface area contributed by atoms with Crippen molar-refractivity contribution < 1.29 is 10.1 Å². The van der Waals surface area contributed by atoms with Gasteiger partial charge in [-0.05, 0) is 36.8 Å². The van der Waals surface area contributed by atoms with Crippen LogP contribution in [0.25, 0.3) is 11.1 Å². The highest BCUT2D eigenvalue weighted by Crippen LogP contribution is 2.26. The molecule has 0 radical (unpaired) electrons. The zero-order valence-corrected chi connectivity index (χ0v) is 17.1. The summed E-state index contributed by atoms with van der Waals surface area (Å²) in [6.07, 6.45) is 10.9. The van der Waals surface area contributed by atoms with Crippen molar-refractivity contribution in [3.05, 3.63) is 60.0 Å². The lowest BCUT2D eigenvalue weighted by Crippen LogP contribution is -2.46. The molecular weight excluding hydrogens is 376 g/mol. The molecule has 0 bridgehead atoms. The number of aromatic nitrogens is 3. The minimum atomic E-state index is -0.257. The van der Waals surface area contributed by atoms with Gasteiger partial charge in [0.05, 0.1) is 30.0 Å². The molecule has 152 valence electrons. The number of hydrogen-bond acceptors (Lipinski definition) is 5. The van der Waals surface area contributed by atoms with Crippen LogP contribution in [0.2, 0.25) is 0 Å². The quantitative estimate of drug-likeness (QED) is 0.385. The monoisotopic (exact) mass is 401 g/mol. The van der Waals surface area contributed by atoms with Gasteiger partial charge < -0.3 is 15.4 Å². The van der Waals surface area contributed by atoms with Crippen molar-refractivity contribution in [2.75, 3.05) is 23.7 Å². The second-order valence-electron chi connectivity index (χ2n) is 7.53. The van der Waals surface area contributed by atoms with E-state index in [0.29, 0.717) is 24.5 Å². The summed E-state index contributed by atoms with van der Waals surface area (Å²) in [6.45, 7) is 3.31. The molecule has 0 unspecified atom stereocenters. The highest BCUT2D eigenvalue weighted by Gasteiger charge is 2.25. The zero-order valence-electron chi connectivity index (χ0n) is 17.1. The second-order valence-corrected chi connectivity index (χ2v) is 7.53. The molecule has 1 saturated heterocycles. The number of ether oxygens (including phenoxy) is 1. The number of pyridine rings is 1. The number of hydrogen-bond donors (Lipinski definition) is 2. The van der Waals surface area contributed by atoms with Crippen LogP contribution in [0.15, 0.2) is 48.9 Å². The largest absolute Gasteiger partial charge is 0.398 e. The van der Waals surface area contributed by atoms with Crippen molar-refractivity contribution in [2.45, 2.75) is 19.1 Å². The van der Waals surface area contributed by atoms with Gasteiger partial charge in [-0.3, -0.25) is 10.1 Å². The third kappa shape index (κ3) is 3.91. The molecule has 4 rings (SSSR count). The van der Waals surface area contributed by atoms with E-state index < -0.39 is 0 Å². The Morgan fingerprint density at radius 2 is 2.10 bits per heavy atom. The number of benzene rings is 1. The fraction of sp³-hybridized carbons (Fsp3) is 0.261. The van der Waals surface area contributed by atoms with Gasteiger partial charge in [-0.25, -0.2) is 4.98 Å². The van der Waals surface area contributed by atoms with Gasteiger partial charge in [0.2, 0.25) is 5.71 Å². The van der Waals surface area contributed by atoms with E-state index in [1.165, 1.54) is 0 Å². The summed E-state index contributed by atoms with van der Waals surface area (Å²) < 4.78 is 7.51. The highest BCUT2D eigenvalue weighted by molar-refractivity contribution is 6.12. The van der Waals surface area contributed by atoms with E-state index in [-0.39, 0.29) is 12.2 Å².